The molecular formula is C19H24N2. The quantitative estimate of drug-likeness (QED) is 0.924. The molecule has 5 rings (SSSR count). The summed E-state index contributed by atoms with van der Waals surface area (Å²) in [4.78, 5) is 2.62. The van der Waals surface area contributed by atoms with Gasteiger partial charge in [-0.1, -0.05) is 42.5 Å². The highest BCUT2D eigenvalue weighted by molar-refractivity contribution is 5.86. The van der Waals surface area contributed by atoms with Crippen molar-refractivity contribution in [2.45, 2.75) is 31.8 Å². The highest BCUT2D eigenvalue weighted by atomic mass is 15.2. The first kappa shape index (κ1) is 13.3. The molecule has 3 aliphatic heterocycles. The van der Waals surface area contributed by atoms with E-state index >= 15 is 0 Å². The molecular weight excluding hydrogens is 256 g/mol. The predicted octanol–water partition coefficient (Wildman–Crippen LogP) is 3.58. The molecule has 0 saturated carbocycles. The van der Waals surface area contributed by atoms with Gasteiger partial charge in [0.15, 0.2) is 0 Å². The van der Waals surface area contributed by atoms with Crippen molar-refractivity contribution >= 4 is 10.8 Å². The lowest BCUT2D eigenvalue weighted by molar-refractivity contribution is 0.0681. The van der Waals surface area contributed by atoms with Crippen LogP contribution in [0.15, 0.2) is 42.5 Å². The van der Waals surface area contributed by atoms with E-state index in [0.717, 1.165) is 5.92 Å². The molecule has 2 bridgehead atoms. The molecule has 2 heteroatoms. The lowest BCUT2D eigenvalue weighted by atomic mass is 9.83. The lowest BCUT2D eigenvalue weighted by Crippen LogP contribution is -2.56. The van der Waals surface area contributed by atoms with Gasteiger partial charge in [-0.05, 0) is 55.1 Å². The van der Waals surface area contributed by atoms with Gasteiger partial charge in [-0.25, -0.2) is 0 Å². The maximum absolute atomic E-state index is 3.92. The summed E-state index contributed by atoms with van der Waals surface area (Å²) in [6.07, 6.45) is 2.75. The molecule has 2 atom stereocenters. The maximum Gasteiger partial charge on any atom is 0.0301 e. The van der Waals surface area contributed by atoms with E-state index in [9.17, 15) is 0 Å². The Labute approximate surface area is 127 Å². The Kier molecular flexibility index (Phi) is 3.44. The minimum atomic E-state index is 0.418. The fourth-order valence-electron chi connectivity index (χ4n) is 4.19. The third kappa shape index (κ3) is 2.47. The summed E-state index contributed by atoms with van der Waals surface area (Å²) in [6.45, 7) is 6.18. The molecule has 2 aromatic carbocycles. The van der Waals surface area contributed by atoms with E-state index in [-0.39, 0.29) is 0 Å². The van der Waals surface area contributed by atoms with E-state index < -0.39 is 0 Å². The molecule has 2 aromatic rings. The van der Waals surface area contributed by atoms with Crippen LogP contribution >= 0.6 is 0 Å². The molecule has 0 aromatic heterocycles. The van der Waals surface area contributed by atoms with Gasteiger partial charge in [0, 0.05) is 18.6 Å². The van der Waals surface area contributed by atoms with Crippen LogP contribution in [0.4, 0.5) is 0 Å². The Hall–Kier alpha value is -1.38. The Balaban J connectivity index is 1.58. The average molecular weight is 280 g/mol. The van der Waals surface area contributed by atoms with E-state index in [4.69, 9.17) is 0 Å². The zero-order valence-corrected chi connectivity index (χ0v) is 12.8. The third-order valence-electron chi connectivity index (χ3n) is 5.41. The van der Waals surface area contributed by atoms with Crippen molar-refractivity contribution in [3.05, 3.63) is 48.0 Å². The highest BCUT2D eigenvalue weighted by Gasteiger charge is 2.34. The molecule has 3 fully saturated rings. The summed E-state index contributed by atoms with van der Waals surface area (Å²) in [5, 5.41) is 6.65. The van der Waals surface area contributed by atoms with Crippen molar-refractivity contribution in [2.75, 3.05) is 19.6 Å². The Morgan fingerprint density at radius 2 is 1.81 bits per heavy atom. The van der Waals surface area contributed by atoms with Crippen molar-refractivity contribution in [3.8, 4) is 0 Å². The van der Waals surface area contributed by atoms with E-state index in [0.29, 0.717) is 12.1 Å². The molecule has 110 valence electrons. The second kappa shape index (κ2) is 5.43. The van der Waals surface area contributed by atoms with Crippen molar-refractivity contribution in [2.24, 2.45) is 5.92 Å². The number of piperidine rings is 3. The molecule has 3 aliphatic rings. The second-order valence-corrected chi connectivity index (χ2v) is 6.70. The molecule has 0 aliphatic carbocycles. The average Bonchev–Trinajstić information content (AvgIpc) is 2.55. The fraction of sp³-hybridized carbons (Fsp3) is 0.474. The van der Waals surface area contributed by atoms with Gasteiger partial charge in [-0.2, -0.15) is 0 Å². The molecule has 0 amide bonds. The van der Waals surface area contributed by atoms with Crippen molar-refractivity contribution < 1.29 is 0 Å². The number of nitrogens with zero attached hydrogens (tertiary/aromatic N) is 1. The summed E-state index contributed by atoms with van der Waals surface area (Å²) < 4.78 is 0. The van der Waals surface area contributed by atoms with Crippen LogP contribution in [0, 0.1) is 5.92 Å². The largest absolute Gasteiger partial charge is 0.306 e. The SMILES string of the molecule is CC(NC1CN2CCC1CC2)c1cccc2ccccc12. The number of nitrogens with one attached hydrogen (secondary N) is 1. The Morgan fingerprint density at radius 1 is 1.05 bits per heavy atom. The van der Waals surface area contributed by atoms with E-state index in [1.807, 2.05) is 0 Å². The molecule has 21 heavy (non-hydrogen) atoms. The van der Waals surface area contributed by atoms with Crippen LogP contribution in [0.2, 0.25) is 0 Å². The lowest BCUT2D eigenvalue weighted by Gasteiger charge is -2.46. The highest BCUT2D eigenvalue weighted by Crippen LogP contribution is 2.30. The first-order valence-corrected chi connectivity index (χ1v) is 8.27. The normalized spacial score (nSPS) is 29.7. The van der Waals surface area contributed by atoms with Gasteiger partial charge >= 0.3 is 0 Å². The van der Waals surface area contributed by atoms with Crippen molar-refractivity contribution in [3.63, 3.8) is 0 Å². The van der Waals surface area contributed by atoms with Crippen LogP contribution in [0.1, 0.15) is 31.4 Å². The van der Waals surface area contributed by atoms with Crippen molar-refractivity contribution in [1.29, 1.82) is 0 Å². The first-order valence-electron chi connectivity index (χ1n) is 8.27. The Morgan fingerprint density at radius 3 is 2.57 bits per heavy atom. The van der Waals surface area contributed by atoms with E-state index in [1.165, 1.54) is 48.8 Å². The minimum absolute atomic E-state index is 0.418. The van der Waals surface area contributed by atoms with Crippen LogP contribution in [-0.2, 0) is 0 Å². The first-order chi connectivity index (χ1) is 10.3. The predicted molar refractivity (Wildman–Crippen MR) is 88.5 cm³/mol. The molecule has 3 heterocycles. The fourth-order valence-corrected chi connectivity index (χ4v) is 4.19. The van der Waals surface area contributed by atoms with Gasteiger partial charge in [-0.3, -0.25) is 0 Å². The van der Waals surface area contributed by atoms with Gasteiger partial charge in [0.2, 0.25) is 0 Å². The Bertz CT molecular complexity index is 623. The zero-order valence-electron chi connectivity index (χ0n) is 12.8. The summed E-state index contributed by atoms with van der Waals surface area (Å²) >= 11 is 0. The summed E-state index contributed by atoms with van der Waals surface area (Å²) in [5.74, 6) is 0.882. The summed E-state index contributed by atoms with van der Waals surface area (Å²) in [5.41, 5.74) is 1.43. The standard InChI is InChI=1S/C19H24N2/c1-14(20-19-13-21-11-9-16(19)10-12-21)17-8-4-6-15-5-2-3-7-18(15)17/h2-8,14,16,19-20H,9-13H2,1H3. The number of fused-ring (bicyclic) bond motifs is 4. The van der Waals surface area contributed by atoms with Gasteiger partial charge in [0.25, 0.3) is 0 Å². The zero-order chi connectivity index (χ0) is 14.2. The monoisotopic (exact) mass is 280 g/mol. The molecule has 3 saturated heterocycles. The number of benzene rings is 2. The number of hydrogen-bond donors (Lipinski definition) is 1. The summed E-state index contributed by atoms with van der Waals surface area (Å²) in [7, 11) is 0. The van der Waals surface area contributed by atoms with E-state index in [1.54, 1.807) is 0 Å². The molecule has 2 unspecified atom stereocenters. The second-order valence-electron chi connectivity index (χ2n) is 6.70. The van der Waals surface area contributed by atoms with Crippen LogP contribution < -0.4 is 5.32 Å². The molecule has 1 N–H and O–H groups in total. The van der Waals surface area contributed by atoms with Crippen molar-refractivity contribution in [1.82, 2.24) is 10.2 Å². The molecule has 0 spiro atoms. The number of rotatable bonds is 3. The smallest absolute Gasteiger partial charge is 0.0301 e. The van der Waals surface area contributed by atoms with Crippen LogP contribution in [-0.4, -0.2) is 30.6 Å². The van der Waals surface area contributed by atoms with Crippen LogP contribution in [0.25, 0.3) is 10.8 Å². The van der Waals surface area contributed by atoms with Gasteiger partial charge in [0.05, 0.1) is 0 Å². The van der Waals surface area contributed by atoms with Crippen LogP contribution in [0.5, 0.6) is 0 Å². The topological polar surface area (TPSA) is 15.3 Å². The van der Waals surface area contributed by atoms with Crippen LogP contribution in [0.3, 0.4) is 0 Å². The minimum Gasteiger partial charge on any atom is -0.306 e. The number of hydrogen-bond acceptors (Lipinski definition) is 2. The molecule has 2 nitrogen and oxygen atoms in total. The van der Waals surface area contributed by atoms with Gasteiger partial charge < -0.3 is 10.2 Å². The van der Waals surface area contributed by atoms with Gasteiger partial charge in [0.1, 0.15) is 0 Å². The molecule has 0 radical (unpaired) electrons. The third-order valence-corrected chi connectivity index (χ3v) is 5.41. The van der Waals surface area contributed by atoms with E-state index in [2.05, 4.69) is 59.6 Å². The summed E-state index contributed by atoms with van der Waals surface area (Å²) in [6, 6.07) is 16.5. The van der Waals surface area contributed by atoms with Gasteiger partial charge in [-0.15, -0.1) is 0 Å². The maximum atomic E-state index is 3.92.